The smallest absolute Gasteiger partial charge is 0.255 e. The highest BCUT2D eigenvalue weighted by Crippen LogP contribution is 2.67. The first-order valence-corrected chi connectivity index (χ1v) is 14.7. The number of phenolic OH excluding ortho intramolecular Hbond substituents is 1. The first kappa shape index (κ1) is 27.0. The lowest BCUT2D eigenvalue weighted by Gasteiger charge is -2.61. The van der Waals surface area contributed by atoms with Crippen molar-refractivity contribution in [3.05, 3.63) is 63.6 Å². The largest absolute Gasteiger partial charge is 0.508 e. The van der Waals surface area contributed by atoms with Crippen LogP contribution in [0.3, 0.4) is 0 Å². The Labute approximate surface area is 227 Å². The quantitative estimate of drug-likeness (QED) is 0.493. The molecule has 2 aromatic rings. The highest BCUT2D eigenvalue weighted by atomic mass is 16.3. The highest BCUT2D eigenvalue weighted by Gasteiger charge is 2.66. The lowest BCUT2D eigenvalue weighted by molar-refractivity contribution is -0.0593. The van der Waals surface area contributed by atoms with Gasteiger partial charge in [-0.3, -0.25) is 14.5 Å². The Balaban J connectivity index is 1.60. The number of phenols is 1. The topological polar surface area (TPSA) is 76.6 Å². The van der Waals surface area contributed by atoms with Gasteiger partial charge in [0.05, 0.1) is 5.56 Å². The first-order valence-electron chi connectivity index (χ1n) is 14.7. The Morgan fingerprint density at radius 1 is 1.18 bits per heavy atom. The normalized spacial score (nSPS) is 30.1. The molecule has 5 rings (SSSR count). The number of piperidine rings is 1. The van der Waals surface area contributed by atoms with E-state index in [0.717, 1.165) is 44.6 Å². The summed E-state index contributed by atoms with van der Waals surface area (Å²) < 4.78 is 0. The van der Waals surface area contributed by atoms with Crippen LogP contribution in [0.5, 0.6) is 5.75 Å². The molecule has 0 bridgehead atoms. The molecule has 6 heteroatoms. The van der Waals surface area contributed by atoms with E-state index in [2.05, 4.69) is 49.7 Å². The van der Waals surface area contributed by atoms with Crippen molar-refractivity contribution in [3.8, 4) is 5.75 Å². The lowest BCUT2D eigenvalue weighted by atomic mass is 9.50. The Morgan fingerprint density at radius 2 is 1.95 bits per heavy atom. The fraction of sp³-hybridized carbons (Fsp3) is 0.625. The van der Waals surface area contributed by atoms with E-state index in [1.807, 2.05) is 18.0 Å². The lowest BCUT2D eigenvalue weighted by Crippen LogP contribution is -2.64. The van der Waals surface area contributed by atoms with E-state index in [-0.39, 0.29) is 34.3 Å². The van der Waals surface area contributed by atoms with Crippen molar-refractivity contribution in [2.24, 2.45) is 17.3 Å². The van der Waals surface area contributed by atoms with E-state index in [4.69, 9.17) is 0 Å². The third kappa shape index (κ3) is 4.20. The van der Waals surface area contributed by atoms with Crippen LogP contribution in [0.1, 0.15) is 87.7 Å². The first-order chi connectivity index (χ1) is 18.2. The molecule has 5 atom stereocenters. The molecule has 2 heterocycles. The van der Waals surface area contributed by atoms with E-state index < -0.39 is 0 Å². The third-order valence-electron chi connectivity index (χ3n) is 10.9. The predicted octanol–water partition coefficient (Wildman–Crippen LogP) is 5.35. The number of fused-ring (bicyclic) bond motifs is 1. The predicted molar refractivity (Wildman–Crippen MR) is 152 cm³/mol. The number of hydrogen-bond acceptors (Lipinski definition) is 4. The standard InChI is InChI=1S/C32H45N3O3/c1-6-24-10-12-26(36)18-28(24)32-16-17-35(20-23-8-9-23)22(4)31(32,7-2)15-14-27(32)21(3)34(5)30(38)25-11-13-29(37)33-19-25/h10-13,18-19,21-23,27,36H,6-9,14-17,20H2,1-5H3,(H,33,37). The molecule has 0 radical (unpaired) electrons. The van der Waals surface area contributed by atoms with E-state index in [0.29, 0.717) is 17.4 Å². The van der Waals surface area contributed by atoms with Gasteiger partial charge in [-0.2, -0.15) is 0 Å². The van der Waals surface area contributed by atoms with Crippen molar-refractivity contribution in [1.82, 2.24) is 14.8 Å². The summed E-state index contributed by atoms with van der Waals surface area (Å²) in [6.07, 6.45) is 9.47. The molecule has 2 N–H and O–H groups in total. The molecule has 1 amide bonds. The molecule has 2 saturated carbocycles. The van der Waals surface area contributed by atoms with Crippen LogP contribution in [0.15, 0.2) is 41.3 Å². The molecule has 38 heavy (non-hydrogen) atoms. The summed E-state index contributed by atoms with van der Waals surface area (Å²) in [6.45, 7) is 11.5. The van der Waals surface area contributed by atoms with Crippen LogP contribution < -0.4 is 5.56 Å². The number of carbonyl (C=O) groups is 1. The molecule has 0 spiro atoms. The maximum atomic E-state index is 13.6. The van der Waals surface area contributed by atoms with Crippen LogP contribution in [0, 0.1) is 17.3 Å². The van der Waals surface area contributed by atoms with Crippen LogP contribution in [0.4, 0.5) is 0 Å². The van der Waals surface area contributed by atoms with Crippen molar-refractivity contribution < 1.29 is 9.90 Å². The molecule has 1 aliphatic heterocycles. The number of benzene rings is 1. The van der Waals surface area contributed by atoms with Crippen molar-refractivity contribution in [1.29, 1.82) is 0 Å². The minimum absolute atomic E-state index is 0.00269. The minimum Gasteiger partial charge on any atom is -0.508 e. The summed E-state index contributed by atoms with van der Waals surface area (Å²) in [5, 5.41) is 10.8. The van der Waals surface area contributed by atoms with Crippen molar-refractivity contribution in [2.45, 2.75) is 90.1 Å². The van der Waals surface area contributed by atoms with Gasteiger partial charge in [0.15, 0.2) is 0 Å². The number of aromatic nitrogens is 1. The molecule has 1 aromatic carbocycles. The van der Waals surface area contributed by atoms with Gasteiger partial charge < -0.3 is 15.0 Å². The Hall–Kier alpha value is -2.60. The number of amides is 1. The van der Waals surface area contributed by atoms with Crippen molar-refractivity contribution in [2.75, 3.05) is 20.1 Å². The molecule has 206 valence electrons. The van der Waals surface area contributed by atoms with Gasteiger partial charge in [0, 0.05) is 43.4 Å². The number of pyridine rings is 1. The van der Waals surface area contributed by atoms with Gasteiger partial charge >= 0.3 is 0 Å². The summed E-state index contributed by atoms with van der Waals surface area (Å²) in [5.74, 6) is 1.38. The second-order valence-electron chi connectivity index (χ2n) is 12.3. The Kier molecular flexibility index (Phi) is 7.23. The number of likely N-dealkylation sites (tertiary alicyclic amines) is 1. The molecule has 6 nitrogen and oxygen atoms in total. The maximum Gasteiger partial charge on any atom is 0.255 e. The van der Waals surface area contributed by atoms with Gasteiger partial charge in [0.25, 0.3) is 5.91 Å². The summed E-state index contributed by atoms with van der Waals surface area (Å²) in [6, 6.07) is 9.48. The van der Waals surface area contributed by atoms with Crippen LogP contribution in [0.2, 0.25) is 0 Å². The number of H-pyrrole nitrogens is 1. The number of rotatable bonds is 8. The highest BCUT2D eigenvalue weighted by molar-refractivity contribution is 5.93. The average molecular weight is 520 g/mol. The zero-order chi connectivity index (χ0) is 27.2. The Morgan fingerprint density at radius 3 is 2.58 bits per heavy atom. The second kappa shape index (κ2) is 10.2. The molecular weight excluding hydrogens is 474 g/mol. The molecule has 1 aromatic heterocycles. The van der Waals surface area contributed by atoms with Gasteiger partial charge in [-0.25, -0.2) is 0 Å². The summed E-state index contributed by atoms with van der Waals surface area (Å²) in [5.41, 5.74) is 2.86. The van der Waals surface area contributed by atoms with Gasteiger partial charge in [0.1, 0.15) is 5.75 Å². The van der Waals surface area contributed by atoms with Crippen LogP contribution in [0.25, 0.3) is 0 Å². The fourth-order valence-corrected chi connectivity index (χ4v) is 8.55. The van der Waals surface area contributed by atoms with E-state index in [1.165, 1.54) is 42.8 Å². The number of carbonyl (C=O) groups excluding carboxylic acids is 1. The van der Waals surface area contributed by atoms with E-state index >= 15 is 0 Å². The van der Waals surface area contributed by atoms with Crippen LogP contribution in [-0.4, -0.2) is 58.0 Å². The summed E-state index contributed by atoms with van der Waals surface area (Å²) in [4.78, 5) is 32.5. The number of hydrogen-bond donors (Lipinski definition) is 2. The maximum absolute atomic E-state index is 13.6. The molecule has 5 unspecified atom stereocenters. The third-order valence-corrected chi connectivity index (χ3v) is 10.9. The fourth-order valence-electron chi connectivity index (χ4n) is 8.55. The summed E-state index contributed by atoms with van der Waals surface area (Å²) >= 11 is 0. The van der Waals surface area contributed by atoms with Crippen LogP contribution in [-0.2, 0) is 11.8 Å². The SMILES string of the molecule is CCc1ccc(O)cc1C12CCN(CC3CC3)C(C)C1(CC)CCC2C(C)N(C)C(=O)c1ccc(=O)[nH]c1. The summed E-state index contributed by atoms with van der Waals surface area (Å²) in [7, 11) is 1.91. The number of aromatic amines is 1. The number of aryl methyl sites for hydroxylation is 1. The van der Waals surface area contributed by atoms with Gasteiger partial charge in [0.2, 0.25) is 5.56 Å². The van der Waals surface area contributed by atoms with Gasteiger partial charge in [-0.15, -0.1) is 0 Å². The molecule has 3 aliphatic rings. The zero-order valence-electron chi connectivity index (χ0n) is 23.8. The second-order valence-corrected chi connectivity index (χ2v) is 12.3. The minimum atomic E-state index is -0.206. The van der Waals surface area contributed by atoms with E-state index in [1.54, 1.807) is 6.07 Å². The average Bonchev–Trinajstić information content (AvgIpc) is 3.68. The van der Waals surface area contributed by atoms with Crippen molar-refractivity contribution >= 4 is 5.91 Å². The van der Waals surface area contributed by atoms with Crippen molar-refractivity contribution in [3.63, 3.8) is 0 Å². The van der Waals surface area contributed by atoms with E-state index in [9.17, 15) is 14.7 Å². The molecule has 1 saturated heterocycles. The monoisotopic (exact) mass is 519 g/mol. The zero-order valence-corrected chi connectivity index (χ0v) is 23.8. The Bertz CT molecular complexity index is 1220. The number of aromatic hydroxyl groups is 1. The molecular formula is C32H45N3O3. The van der Waals surface area contributed by atoms with Gasteiger partial charge in [-0.1, -0.05) is 19.9 Å². The number of nitrogens with one attached hydrogen (secondary N) is 1. The van der Waals surface area contributed by atoms with Crippen LogP contribution >= 0.6 is 0 Å². The molecule has 2 aliphatic carbocycles. The molecule has 3 fully saturated rings. The van der Waals surface area contributed by atoms with Gasteiger partial charge in [-0.05, 0) is 112 Å². The number of nitrogens with zero attached hydrogens (tertiary/aromatic N) is 2.